The molecule has 0 bridgehead atoms. The van der Waals surface area contributed by atoms with Crippen molar-refractivity contribution in [1.82, 2.24) is 19.8 Å². The Morgan fingerprint density at radius 2 is 2.00 bits per heavy atom. The normalized spacial score (nSPS) is 12.8. The molecule has 20 heavy (non-hydrogen) atoms. The summed E-state index contributed by atoms with van der Waals surface area (Å²) in [5.74, 6) is 0. The minimum Gasteiger partial charge on any atom is -0.334 e. The fraction of sp³-hybridized carbons (Fsp3) is 0.438. The van der Waals surface area contributed by atoms with Gasteiger partial charge in [-0.3, -0.25) is 0 Å². The first-order chi connectivity index (χ1) is 9.70. The van der Waals surface area contributed by atoms with Crippen LogP contribution in [0.3, 0.4) is 0 Å². The van der Waals surface area contributed by atoms with Crippen LogP contribution in [-0.4, -0.2) is 35.1 Å². The number of hydrogen-bond donors (Lipinski definition) is 1. The predicted octanol–water partition coefficient (Wildman–Crippen LogP) is 2.30. The van der Waals surface area contributed by atoms with E-state index in [4.69, 9.17) is 0 Å². The Labute approximate surface area is 121 Å². The lowest BCUT2D eigenvalue weighted by atomic mass is 10.1. The molecule has 1 atom stereocenters. The van der Waals surface area contributed by atoms with Gasteiger partial charge in [0.05, 0.1) is 12.0 Å². The smallest absolute Gasteiger partial charge is 0.0948 e. The van der Waals surface area contributed by atoms with E-state index in [1.54, 1.807) is 0 Å². The molecule has 1 aromatic carbocycles. The first kappa shape index (κ1) is 14.8. The Bertz CT molecular complexity index is 504. The van der Waals surface area contributed by atoms with Gasteiger partial charge in [0.1, 0.15) is 0 Å². The minimum absolute atomic E-state index is 0.325. The molecular weight excluding hydrogens is 248 g/mol. The number of benzene rings is 1. The largest absolute Gasteiger partial charge is 0.334 e. The summed E-state index contributed by atoms with van der Waals surface area (Å²) in [5, 5.41) is 3.64. The molecule has 4 nitrogen and oxygen atoms in total. The zero-order valence-electron chi connectivity index (χ0n) is 12.6. The van der Waals surface area contributed by atoms with Crippen molar-refractivity contribution in [2.75, 3.05) is 20.6 Å². The fourth-order valence-electron chi connectivity index (χ4n) is 2.35. The second kappa shape index (κ2) is 7.22. The molecule has 4 heteroatoms. The second-order valence-corrected chi connectivity index (χ2v) is 5.28. The van der Waals surface area contributed by atoms with E-state index in [1.165, 1.54) is 11.3 Å². The van der Waals surface area contributed by atoms with Gasteiger partial charge < -0.3 is 14.8 Å². The Morgan fingerprint density at radius 1 is 1.25 bits per heavy atom. The maximum Gasteiger partial charge on any atom is 0.0948 e. The fourth-order valence-corrected chi connectivity index (χ4v) is 2.35. The highest BCUT2D eigenvalue weighted by Gasteiger charge is 2.12. The molecule has 0 radical (unpaired) electrons. The van der Waals surface area contributed by atoms with E-state index >= 15 is 0 Å². The van der Waals surface area contributed by atoms with Gasteiger partial charge >= 0.3 is 0 Å². The molecule has 1 heterocycles. The molecule has 2 aromatic rings. The van der Waals surface area contributed by atoms with Crippen LogP contribution in [0.4, 0.5) is 0 Å². The molecule has 0 aliphatic rings. The highest BCUT2D eigenvalue weighted by atomic mass is 15.1. The molecule has 1 unspecified atom stereocenters. The van der Waals surface area contributed by atoms with Gasteiger partial charge in [0.15, 0.2) is 0 Å². The summed E-state index contributed by atoms with van der Waals surface area (Å²) in [5.41, 5.74) is 2.55. The number of aromatic nitrogens is 2. The highest BCUT2D eigenvalue weighted by molar-refractivity contribution is 5.19. The lowest BCUT2D eigenvalue weighted by molar-refractivity contribution is 0.339. The summed E-state index contributed by atoms with van der Waals surface area (Å²) in [6.45, 7) is 4.91. The van der Waals surface area contributed by atoms with E-state index in [1.807, 2.05) is 12.5 Å². The molecule has 0 aliphatic heterocycles. The van der Waals surface area contributed by atoms with Crippen LogP contribution in [0.5, 0.6) is 0 Å². The third-order valence-electron chi connectivity index (χ3n) is 3.42. The lowest BCUT2D eigenvalue weighted by Crippen LogP contribution is -2.31. The second-order valence-electron chi connectivity index (χ2n) is 5.28. The van der Waals surface area contributed by atoms with Crippen molar-refractivity contribution in [2.45, 2.75) is 26.1 Å². The Kier molecular flexibility index (Phi) is 5.32. The molecule has 2 rings (SSSR count). The van der Waals surface area contributed by atoms with E-state index in [0.29, 0.717) is 6.04 Å². The van der Waals surface area contributed by atoms with E-state index in [2.05, 4.69) is 71.1 Å². The van der Waals surface area contributed by atoms with Crippen LogP contribution >= 0.6 is 0 Å². The Hall–Kier alpha value is -1.65. The number of nitrogens with one attached hydrogen (secondary N) is 1. The molecule has 1 aromatic heterocycles. The maximum absolute atomic E-state index is 4.22. The minimum atomic E-state index is 0.325. The number of imidazole rings is 1. The number of likely N-dealkylation sites (N-methyl/N-ethyl adjacent to an activating group) is 1. The van der Waals surface area contributed by atoms with Crippen LogP contribution in [0.15, 0.2) is 42.9 Å². The molecule has 0 spiro atoms. The lowest BCUT2D eigenvalue weighted by Gasteiger charge is -2.23. The summed E-state index contributed by atoms with van der Waals surface area (Å²) < 4.78 is 2.17. The topological polar surface area (TPSA) is 33.1 Å². The van der Waals surface area contributed by atoms with Crippen LogP contribution in [0.2, 0.25) is 0 Å². The van der Waals surface area contributed by atoms with E-state index in [0.717, 1.165) is 19.6 Å². The van der Waals surface area contributed by atoms with Crippen molar-refractivity contribution in [3.63, 3.8) is 0 Å². The standard InChI is InChI=1S/C16H24N4/c1-4-20-13-17-10-15(20)11-18-16(12-19(2)3)14-8-6-5-7-9-14/h5-10,13,16,18H,4,11-12H2,1-3H3. The van der Waals surface area contributed by atoms with Crippen molar-refractivity contribution in [1.29, 1.82) is 0 Å². The van der Waals surface area contributed by atoms with Gasteiger partial charge in [0.25, 0.3) is 0 Å². The summed E-state index contributed by atoms with van der Waals surface area (Å²) in [6.07, 6.45) is 3.83. The Balaban J connectivity index is 2.05. The van der Waals surface area contributed by atoms with Gasteiger partial charge in [-0.1, -0.05) is 30.3 Å². The average Bonchev–Trinajstić information content (AvgIpc) is 2.91. The molecule has 0 amide bonds. The monoisotopic (exact) mass is 272 g/mol. The summed E-state index contributed by atoms with van der Waals surface area (Å²) in [6, 6.07) is 10.9. The van der Waals surface area contributed by atoms with Crippen molar-refractivity contribution in [3.8, 4) is 0 Å². The third kappa shape index (κ3) is 3.92. The Morgan fingerprint density at radius 3 is 2.65 bits per heavy atom. The van der Waals surface area contributed by atoms with Crippen LogP contribution in [0.1, 0.15) is 24.2 Å². The molecule has 0 saturated heterocycles. The first-order valence-electron chi connectivity index (χ1n) is 7.12. The van der Waals surface area contributed by atoms with Crippen molar-refractivity contribution in [3.05, 3.63) is 54.1 Å². The number of rotatable bonds is 7. The van der Waals surface area contributed by atoms with Gasteiger partial charge in [0.2, 0.25) is 0 Å². The zero-order chi connectivity index (χ0) is 14.4. The summed E-state index contributed by atoms with van der Waals surface area (Å²) in [7, 11) is 4.21. The molecule has 0 saturated carbocycles. The van der Waals surface area contributed by atoms with Crippen LogP contribution < -0.4 is 5.32 Å². The molecule has 0 aliphatic carbocycles. The van der Waals surface area contributed by atoms with E-state index in [9.17, 15) is 0 Å². The van der Waals surface area contributed by atoms with E-state index in [-0.39, 0.29) is 0 Å². The van der Waals surface area contributed by atoms with Gasteiger partial charge in [-0.25, -0.2) is 4.98 Å². The van der Waals surface area contributed by atoms with Crippen LogP contribution in [0.25, 0.3) is 0 Å². The third-order valence-corrected chi connectivity index (χ3v) is 3.42. The molecule has 0 fully saturated rings. The number of aryl methyl sites for hydroxylation is 1. The quantitative estimate of drug-likeness (QED) is 0.839. The predicted molar refractivity (Wildman–Crippen MR) is 82.5 cm³/mol. The highest BCUT2D eigenvalue weighted by Crippen LogP contribution is 2.14. The van der Waals surface area contributed by atoms with Crippen molar-refractivity contribution < 1.29 is 0 Å². The maximum atomic E-state index is 4.22. The zero-order valence-corrected chi connectivity index (χ0v) is 12.6. The average molecular weight is 272 g/mol. The summed E-state index contributed by atoms with van der Waals surface area (Å²) in [4.78, 5) is 6.43. The van der Waals surface area contributed by atoms with Crippen molar-refractivity contribution in [2.24, 2.45) is 0 Å². The molecular formula is C16H24N4. The molecule has 108 valence electrons. The number of hydrogen-bond acceptors (Lipinski definition) is 3. The van der Waals surface area contributed by atoms with Gasteiger partial charge in [-0.15, -0.1) is 0 Å². The summed E-state index contributed by atoms with van der Waals surface area (Å²) >= 11 is 0. The SMILES string of the molecule is CCn1cncc1CNC(CN(C)C)c1ccccc1. The molecule has 1 N–H and O–H groups in total. The number of nitrogens with zero attached hydrogens (tertiary/aromatic N) is 3. The van der Waals surface area contributed by atoms with Gasteiger partial charge in [0, 0.05) is 31.9 Å². The van der Waals surface area contributed by atoms with Gasteiger partial charge in [-0.2, -0.15) is 0 Å². The van der Waals surface area contributed by atoms with Crippen LogP contribution in [-0.2, 0) is 13.1 Å². The van der Waals surface area contributed by atoms with E-state index < -0.39 is 0 Å². The first-order valence-corrected chi connectivity index (χ1v) is 7.12. The van der Waals surface area contributed by atoms with Crippen LogP contribution in [0, 0.1) is 0 Å². The van der Waals surface area contributed by atoms with Crippen molar-refractivity contribution >= 4 is 0 Å². The van der Waals surface area contributed by atoms with Gasteiger partial charge in [-0.05, 0) is 26.6 Å².